The lowest BCUT2D eigenvalue weighted by Gasteiger charge is -2.27. The van der Waals surface area contributed by atoms with E-state index in [1.165, 1.54) is 51.0 Å². The monoisotopic (exact) mass is 887 g/mol. The lowest BCUT2D eigenvalue weighted by molar-refractivity contribution is -0.438. The van der Waals surface area contributed by atoms with Gasteiger partial charge >= 0.3 is 0 Å². The molecule has 1 amide bonds. The fourth-order valence-corrected chi connectivity index (χ4v) is 10.0. The molecule has 0 aromatic heterocycles. The quantitative estimate of drug-likeness (QED) is 0.0262. The largest absolute Gasteiger partial charge is 0.748 e. The second-order valence-electron chi connectivity index (χ2n) is 18.1. The van der Waals surface area contributed by atoms with Crippen molar-refractivity contribution in [3.05, 3.63) is 132 Å². The third-order valence-electron chi connectivity index (χ3n) is 12.5. The zero-order chi connectivity index (χ0) is 46.1. The predicted molar refractivity (Wildman–Crippen MR) is 258 cm³/mol. The molecular formula is C53H65N3O7S. The first kappa shape index (κ1) is 48.3. The van der Waals surface area contributed by atoms with Gasteiger partial charge in [0.15, 0.2) is 12.0 Å². The molecule has 2 heterocycles. The highest BCUT2D eigenvalue weighted by Crippen LogP contribution is 2.51. The number of ketones is 1. The molecule has 0 saturated carbocycles. The molecule has 0 fully saturated rings. The van der Waals surface area contributed by atoms with Gasteiger partial charge in [0.2, 0.25) is 11.6 Å². The summed E-state index contributed by atoms with van der Waals surface area (Å²) >= 11 is 0. The Bertz CT molecular complexity index is 2600. The van der Waals surface area contributed by atoms with E-state index < -0.39 is 22.5 Å². The summed E-state index contributed by atoms with van der Waals surface area (Å²) in [5.74, 6) is -0.464. The van der Waals surface area contributed by atoms with Gasteiger partial charge in [0.25, 0.3) is 0 Å². The van der Waals surface area contributed by atoms with Gasteiger partial charge in [-0.3, -0.25) is 9.59 Å². The van der Waals surface area contributed by atoms with Crippen LogP contribution >= 0.6 is 0 Å². The van der Waals surface area contributed by atoms with Crippen molar-refractivity contribution in [2.75, 3.05) is 30.3 Å². The van der Waals surface area contributed by atoms with E-state index in [1.807, 2.05) is 18.2 Å². The number of rotatable bonds is 22. The molecule has 4 aromatic rings. The average molecular weight is 888 g/mol. The van der Waals surface area contributed by atoms with E-state index in [2.05, 4.69) is 140 Å². The Morgan fingerprint density at radius 2 is 1.42 bits per heavy atom. The van der Waals surface area contributed by atoms with E-state index >= 15 is 0 Å². The topological polar surface area (TPSA) is 139 Å². The summed E-state index contributed by atoms with van der Waals surface area (Å²) in [5, 5.41) is 16.9. The summed E-state index contributed by atoms with van der Waals surface area (Å²) in [5.41, 5.74) is 6.68. The van der Waals surface area contributed by atoms with Crippen molar-refractivity contribution >= 4 is 60.4 Å². The number of hydrogen-bond acceptors (Lipinski definition) is 8. The van der Waals surface area contributed by atoms with E-state index in [4.69, 9.17) is 4.74 Å². The maximum absolute atomic E-state index is 12.7. The number of anilines is 1. The summed E-state index contributed by atoms with van der Waals surface area (Å²) in [6.45, 7) is 13.9. The zero-order valence-corrected chi connectivity index (χ0v) is 39.1. The van der Waals surface area contributed by atoms with E-state index in [0.717, 1.165) is 37.2 Å². The number of ether oxygens (including phenoxy) is 1. The summed E-state index contributed by atoms with van der Waals surface area (Å²) < 4.78 is 41.6. The second-order valence-corrected chi connectivity index (χ2v) is 19.6. The van der Waals surface area contributed by atoms with E-state index in [-0.39, 0.29) is 28.3 Å². The minimum Gasteiger partial charge on any atom is -0.748 e. The maximum Gasteiger partial charge on any atom is 0.248 e. The number of benzene rings is 4. The first-order chi connectivity index (χ1) is 30.5. The average Bonchev–Trinajstić information content (AvgIpc) is 3.60. The van der Waals surface area contributed by atoms with Crippen LogP contribution in [0.3, 0.4) is 0 Å². The van der Waals surface area contributed by atoms with Gasteiger partial charge in [0.05, 0.1) is 15.5 Å². The number of aliphatic hydroxyl groups is 1. The molecule has 340 valence electrons. The van der Waals surface area contributed by atoms with Crippen molar-refractivity contribution in [3.8, 4) is 0 Å². The summed E-state index contributed by atoms with van der Waals surface area (Å²) in [7, 11) is -4.26. The summed E-state index contributed by atoms with van der Waals surface area (Å²) in [6, 6.07) is 25.7. The number of Topliss-reactive ketones (excluding diaryl/α,β-unsaturated/α-hetero) is 1. The van der Waals surface area contributed by atoms with Gasteiger partial charge in [0, 0.05) is 72.6 Å². The Balaban J connectivity index is 1.13. The third-order valence-corrected chi connectivity index (χ3v) is 13.3. The zero-order valence-electron chi connectivity index (χ0n) is 38.3. The number of hydrogen-bond donors (Lipinski definition) is 2. The maximum atomic E-state index is 12.7. The van der Waals surface area contributed by atoms with Gasteiger partial charge in [0.1, 0.15) is 18.4 Å². The van der Waals surface area contributed by atoms with Crippen LogP contribution in [-0.2, 0) is 35.3 Å². The highest BCUT2D eigenvalue weighted by molar-refractivity contribution is 7.85. The first-order valence-electron chi connectivity index (χ1n) is 22.8. The van der Waals surface area contributed by atoms with Gasteiger partial charge in [-0.05, 0) is 105 Å². The van der Waals surface area contributed by atoms with Gasteiger partial charge in [-0.1, -0.05) is 98.8 Å². The molecular weight excluding hydrogens is 823 g/mol. The van der Waals surface area contributed by atoms with Crippen LogP contribution in [0, 0.1) is 0 Å². The minimum absolute atomic E-state index is 0.198. The molecule has 64 heavy (non-hydrogen) atoms. The predicted octanol–water partition coefficient (Wildman–Crippen LogP) is 9.81. The fourth-order valence-electron chi connectivity index (χ4n) is 9.48. The van der Waals surface area contributed by atoms with Crippen LogP contribution in [0.5, 0.6) is 0 Å². The molecule has 11 heteroatoms. The summed E-state index contributed by atoms with van der Waals surface area (Å²) in [4.78, 5) is 27.0. The van der Waals surface area contributed by atoms with Crippen LogP contribution in [0.25, 0.3) is 21.5 Å². The molecule has 6 rings (SSSR count). The lowest BCUT2D eigenvalue weighted by Crippen LogP contribution is -2.36. The standard InChI is InChI=1S/C53H65N3O7S/c1-38(63-39(2)57)51(59)54-34-21-25-42(58)24-11-10-18-35-55-45-32-30-40-22-14-16-26-43(40)49(45)52(3,4)47(55)28-12-8-7-9-13-29-48-53(5,6)50-44-27-17-15-23-41(44)31-33-46(50)56(48)36-19-20-37-64(60,61)62/h7-9,12-17,22-23,26-33,38-39,57H,10-11,18-21,24-25,34-37H2,1-6H3,(H-,54,59,60,61,62)/t38-,39-/m0/s1. The Kier molecular flexibility index (Phi) is 16.0. The highest BCUT2D eigenvalue weighted by Gasteiger charge is 2.45. The molecule has 0 saturated heterocycles. The van der Waals surface area contributed by atoms with Crippen molar-refractivity contribution < 1.29 is 37.0 Å². The van der Waals surface area contributed by atoms with Crippen LogP contribution in [0.1, 0.15) is 104 Å². The molecule has 4 aromatic carbocycles. The summed E-state index contributed by atoms with van der Waals surface area (Å²) in [6.07, 6.45) is 18.0. The first-order valence-corrected chi connectivity index (χ1v) is 24.3. The number of carbonyl (C=O) groups is 2. The van der Waals surface area contributed by atoms with Crippen molar-refractivity contribution in [1.82, 2.24) is 5.32 Å². The van der Waals surface area contributed by atoms with Gasteiger partial charge < -0.3 is 24.6 Å². The molecule has 0 spiro atoms. The molecule has 2 N–H and O–H groups in total. The van der Waals surface area contributed by atoms with Crippen molar-refractivity contribution in [2.45, 2.75) is 116 Å². The molecule has 0 unspecified atom stereocenters. The Morgan fingerprint density at radius 3 is 2.12 bits per heavy atom. The second kappa shape index (κ2) is 21.2. The van der Waals surface area contributed by atoms with E-state index in [1.54, 1.807) is 6.92 Å². The number of fused-ring (bicyclic) bond motifs is 6. The fraction of sp³-hybridized carbons (Fsp3) is 0.415. The third kappa shape index (κ3) is 11.5. The Labute approximate surface area is 379 Å². The van der Waals surface area contributed by atoms with Gasteiger partial charge in [-0.25, -0.2) is 8.42 Å². The normalized spacial score (nSPS) is 17.4. The van der Waals surface area contributed by atoms with Crippen LogP contribution in [0.15, 0.2) is 121 Å². The lowest BCUT2D eigenvalue weighted by atomic mass is 9.79. The Hall–Kier alpha value is -5.20. The molecule has 2 atom stereocenters. The Morgan fingerprint density at radius 1 is 0.781 bits per heavy atom. The number of allylic oxidation sites excluding steroid dienone is 8. The molecule has 2 aliphatic rings. The van der Waals surface area contributed by atoms with Gasteiger partial charge in [-0.2, -0.15) is 4.58 Å². The van der Waals surface area contributed by atoms with Gasteiger partial charge in [-0.15, -0.1) is 0 Å². The smallest absolute Gasteiger partial charge is 0.248 e. The van der Waals surface area contributed by atoms with Crippen LogP contribution in [0.4, 0.5) is 11.4 Å². The number of unbranched alkanes of at least 4 members (excludes halogenated alkanes) is 3. The van der Waals surface area contributed by atoms with E-state index in [0.29, 0.717) is 45.2 Å². The van der Waals surface area contributed by atoms with Crippen molar-refractivity contribution in [2.24, 2.45) is 0 Å². The minimum atomic E-state index is -4.26. The number of nitrogens with one attached hydrogen (secondary N) is 1. The highest BCUT2D eigenvalue weighted by atomic mass is 32.2. The van der Waals surface area contributed by atoms with Crippen LogP contribution in [0.2, 0.25) is 0 Å². The number of carbonyl (C=O) groups excluding carboxylic acids is 2. The number of amides is 1. The van der Waals surface area contributed by atoms with Crippen LogP contribution in [-0.4, -0.2) is 77.8 Å². The van der Waals surface area contributed by atoms with Crippen molar-refractivity contribution in [3.63, 3.8) is 0 Å². The molecule has 0 aliphatic carbocycles. The number of nitrogens with zero attached hydrogens (tertiary/aromatic N) is 2. The SMILES string of the molecule is C[C@H](O[C@@H](C)O)C(=O)NCCCC(=O)CCCCC[N+]1=C(/C=C/C=C/C=C/C=C2\N(CCCCS(=O)(=O)[O-])c3ccc4ccccc4c3C2(C)C)C(C)(C)c2c1ccc1ccccc21. The molecule has 0 bridgehead atoms. The van der Waals surface area contributed by atoms with Crippen LogP contribution < -0.4 is 10.2 Å². The molecule has 0 radical (unpaired) electrons. The van der Waals surface area contributed by atoms with Crippen molar-refractivity contribution in [1.29, 1.82) is 0 Å². The number of aliphatic hydroxyl groups excluding tert-OH is 1. The molecule has 2 aliphatic heterocycles. The van der Waals surface area contributed by atoms with E-state index in [9.17, 15) is 27.7 Å². The molecule has 10 nitrogen and oxygen atoms in total.